The van der Waals surface area contributed by atoms with Gasteiger partial charge in [-0.1, -0.05) is 6.92 Å². The molecule has 1 N–H and O–H groups in total. The molecule has 0 aromatic heterocycles. The number of alkyl halides is 3. The standard InChI is InChI=1S/C15H17F4NO2/c1-9-2-11(14(21)22)8-20(6-9)7-10-3-12(15(17,18)19)5-13(16)4-10/h3-5,9,11H,2,6-8H2,1H3,(H,21,22). The maximum Gasteiger partial charge on any atom is 0.416 e. The van der Waals surface area contributed by atoms with Crippen LogP contribution < -0.4 is 0 Å². The Labute approximate surface area is 125 Å². The number of halogens is 4. The largest absolute Gasteiger partial charge is 0.481 e. The third-order valence-corrected chi connectivity index (χ3v) is 3.78. The second-order valence-electron chi connectivity index (χ2n) is 5.92. The first-order valence-electron chi connectivity index (χ1n) is 6.97. The summed E-state index contributed by atoms with van der Waals surface area (Å²) >= 11 is 0. The molecule has 7 heteroatoms. The lowest BCUT2D eigenvalue weighted by atomic mass is 9.90. The molecule has 0 spiro atoms. The van der Waals surface area contributed by atoms with Gasteiger partial charge in [0.1, 0.15) is 5.82 Å². The van der Waals surface area contributed by atoms with Crippen molar-refractivity contribution >= 4 is 5.97 Å². The molecule has 1 aliphatic rings. The van der Waals surface area contributed by atoms with Gasteiger partial charge in [-0.15, -0.1) is 0 Å². The molecule has 0 radical (unpaired) electrons. The molecule has 0 saturated carbocycles. The van der Waals surface area contributed by atoms with Crippen LogP contribution in [0.2, 0.25) is 0 Å². The third kappa shape index (κ3) is 4.19. The van der Waals surface area contributed by atoms with E-state index in [4.69, 9.17) is 5.11 Å². The Kier molecular flexibility index (Phi) is 4.75. The van der Waals surface area contributed by atoms with Gasteiger partial charge in [0.25, 0.3) is 0 Å². The maximum atomic E-state index is 13.4. The number of piperidine rings is 1. The Morgan fingerprint density at radius 2 is 2.00 bits per heavy atom. The van der Waals surface area contributed by atoms with Crippen molar-refractivity contribution in [3.8, 4) is 0 Å². The zero-order valence-electron chi connectivity index (χ0n) is 12.0. The third-order valence-electron chi connectivity index (χ3n) is 3.78. The van der Waals surface area contributed by atoms with Gasteiger partial charge < -0.3 is 5.11 Å². The Morgan fingerprint density at radius 1 is 1.32 bits per heavy atom. The molecule has 1 fully saturated rings. The smallest absolute Gasteiger partial charge is 0.416 e. The van der Waals surface area contributed by atoms with E-state index in [9.17, 15) is 22.4 Å². The minimum atomic E-state index is -4.60. The molecule has 0 amide bonds. The molecule has 1 aromatic carbocycles. The number of likely N-dealkylation sites (tertiary alicyclic amines) is 1. The van der Waals surface area contributed by atoms with Crippen molar-refractivity contribution in [1.29, 1.82) is 0 Å². The number of hydrogen-bond donors (Lipinski definition) is 1. The normalized spacial score (nSPS) is 23.5. The van der Waals surface area contributed by atoms with E-state index in [0.29, 0.717) is 19.0 Å². The van der Waals surface area contributed by atoms with Gasteiger partial charge >= 0.3 is 12.1 Å². The highest BCUT2D eigenvalue weighted by Gasteiger charge is 2.32. The minimum absolute atomic E-state index is 0.106. The number of nitrogens with zero attached hydrogens (tertiary/aromatic N) is 1. The van der Waals surface area contributed by atoms with Gasteiger partial charge in [0.05, 0.1) is 11.5 Å². The highest BCUT2D eigenvalue weighted by Crippen LogP contribution is 2.31. The van der Waals surface area contributed by atoms with E-state index >= 15 is 0 Å². The quantitative estimate of drug-likeness (QED) is 0.868. The summed E-state index contributed by atoms with van der Waals surface area (Å²) in [5.41, 5.74) is -0.826. The van der Waals surface area contributed by atoms with Crippen LogP contribution >= 0.6 is 0 Å². The predicted molar refractivity (Wildman–Crippen MR) is 71.6 cm³/mol. The number of carbonyl (C=O) groups is 1. The van der Waals surface area contributed by atoms with Crippen molar-refractivity contribution in [3.63, 3.8) is 0 Å². The van der Waals surface area contributed by atoms with Gasteiger partial charge in [-0.05, 0) is 36.1 Å². The zero-order valence-corrected chi connectivity index (χ0v) is 12.0. The molecule has 2 rings (SSSR count). The summed E-state index contributed by atoms with van der Waals surface area (Å²) < 4.78 is 51.5. The molecule has 1 heterocycles. The minimum Gasteiger partial charge on any atom is -0.481 e. The summed E-state index contributed by atoms with van der Waals surface area (Å²) in [6, 6.07) is 2.44. The molecule has 122 valence electrons. The van der Waals surface area contributed by atoms with Gasteiger partial charge in [-0.2, -0.15) is 13.2 Å². The molecule has 22 heavy (non-hydrogen) atoms. The van der Waals surface area contributed by atoms with Gasteiger partial charge in [-0.3, -0.25) is 9.69 Å². The molecular formula is C15H17F4NO2. The van der Waals surface area contributed by atoms with Crippen LogP contribution in [0.25, 0.3) is 0 Å². The number of aliphatic carboxylic acids is 1. The molecule has 2 unspecified atom stereocenters. The van der Waals surface area contributed by atoms with E-state index in [1.807, 2.05) is 6.92 Å². The van der Waals surface area contributed by atoms with Gasteiger partial charge in [-0.25, -0.2) is 4.39 Å². The Bertz CT molecular complexity index is 559. The number of rotatable bonds is 3. The lowest BCUT2D eigenvalue weighted by Gasteiger charge is -2.34. The molecular weight excluding hydrogens is 302 g/mol. The van der Waals surface area contributed by atoms with Crippen LogP contribution in [-0.4, -0.2) is 29.1 Å². The van der Waals surface area contributed by atoms with Crippen molar-refractivity contribution < 1.29 is 27.5 Å². The maximum absolute atomic E-state index is 13.4. The van der Waals surface area contributed by atoms with Crippen LogP contribution in [0.15, 0.2) is 18.2 Å². The molecule has 3 nitrogen and oxygen atoms in total. The fraction of sp³-hybridized carbons (Fsp3) is 0.533. The zero-order chi connectivity index (χ0) is 16.5. The van der Waals surface area contributed by atoms with E-state index in [1.54, 1.807) is 4.90 Å². The second kappa shape index (κ2) is 6.24. The van der Waals surface area contributed by atoms with E-state index in [2.05, 4.69) is 0 Å². The predicted octanol–water partition coefficient (Wildman–Crippen LogP) is 3.39. The van der Waals surface area contributed by atoms with Crippen LogP contribution in [0.1, 0.15) is 24.5 Å². The molecule has 0 bridgehead atoms. The van der Waals surface area contributed by atoms with E-state index in [-0.39, 0.29) is 24.6 Å². The van der Waals surface area contributed by atoms with Crippen LogP contribution in [0.5, 0.6) is 0 Å². The first-order valence-corrected chi connectivity index (χ1v) is 6.97. The van der Waals surface area contributed by atoms with E-state index in [1.165, 1.54) is 0 Å². The van der Waals surface area contributed by atoms with E-state index in [0.717, 1.165) is 12.1 Å². The fourth-order valence-corrected chi connectivity index (χ4v) is 2.93. The summed E-state index contributed by atoms with van der Waals surface area (Å²) in [5.74, 6) is -2.26. The monoisotopic (exact) mass is 319 g/mol. The fourth-order valence-electron chi connectivity index (χ4n) is 2.93. The van der Waals surface area contributed by atoms with Crippen molar-refractivity contribution in [2.75, 3.05) is 13.1 Å². The first-order chi connectivity index (χ1) is 10.1. The van der Waals surface area contributed by atoms with Gasteiger partial charge in [0, 0.05) is 19.6 Å². The first kappa shape index (κ1) is 16.7. The summed E-state index contributed by atoms with van der Waals surface area (Å²) in [7, 11) is 0. The van der Waals surface area contributed by atoms with Gasteiger partial charge in [0.15, 0.2) is 0 Å². The lowest BCUT2D eigenvalue weighted by Crippen LogP contribution is -2.42. The molecule has 1 aromatic rings. The van der Waals surface area contributed by atoms with Crippen molar-refractivity contribution in [2.45, 2.75) is 26.1 Å². The SMILES string of the molecule is CC1CC(C(=O)O)CN(Cc2cc(F)cc(C(F)(F)F)c2)C1. The van der Waals surface area contributed by atoms with E-state index < -0.39 is 29.4 Å². The number of carboxylic acids is 1. The molecule has 1 aliphatic heterocycles. The van der Waals surface area contributed by atoms with Crippen molar-refractivity contribution in [3.05, 3.63) is 35.1 Å². The summed E-state index contributed by atoms with van der Waals surface area (Å²) in [5, 5.41) is 9.10. The molecule has 0 aliphatic carbocycles. The van der Waals surface area contributed by atoms with Gasteiger partial charge in [0.2, 0.25) is 0 Å². The summed E-state index contributed by atoms with van der Waals surface area (Å²) in [6.07, 6.45) is -4.06. The Hall–Kier alpha value is -1.63. The highest BCUT2D eigenvalue weighted by molar-refractivity contribution is 5.70. The molecule has 2 atom stereocenters. The second-order valence-corrected chi connectivity index (χ2v) is 5.92. The summed E-state index contributed by atoms with van der Waals surface area (Å²) in [4.78, 5) is 12.9. The summed E-state index contributed by atoms with van der Waals surface area (Å²) in [6.45, 7) is 2.85. The number of carboxylic acid groups (broad SMARTS) is 1. The number of hydrogen-bond acceptors (Lipinski definition) is 2. The van der Waals surface area contributed by atoms with Crippen LogP contribution in [-0.2, 0) is 17.5 Å². The van der Waals surface area contributed by atoms with Crippen LogP contribution in [0.3, 0.4) is 0 Å². The molecule has 1 saturated heterocycles. The lowest BCUT2D eigenvalue weighted by molar-refractivity contribution is -0.144. The Morgan fingerprint density at radius 3 is 2.59 bits per heavy atom. The van der Waals surface area contributed by atoms with Crippen molar-refractivity contribution in [1.82, 2.24) is 4.90 Å². The topological polar surface area (TPSA) is 40.5 Å². The number of benzene rings is 1. The highest BCUT2D eigenvalue weighted by atomic mass is 19.4. The van der Waals surface area contributed by atoms with Crippen molar-refractivity contribution in [2.24, 2.45) is 11.8 Å². The van der Waals surface area contributed by atoms with Crippen LogP contribution in [0.4, 0.5) is 17.6 Å². The van der Waals surface area contributed by atoms with Crippen LogP contribution in [0, 0.1) is 17.7 Å². The average Bonchev–Trinajstić information content (AvgIpc) is 2.36. The average molecular weight is 319 g/mol. The Balaban J connectivity index is 2.16.